The number of carbonyl (C=O) groups excluding carboxylic acids is 3. The zero-order valence-electron chi connectivity index (χ0n) is 16.2. The van der Waals surface area contributed by atoms with Crippen molar-refractivity contribution in [2.75, 3.05) is 25.2 Å². The van der Waals surface area contributed by atoms with Crippen LogP contribution in [0.4, 0.5) is 5.69 Å². The molecule has 6 heteroatoms. The van der Waals surface area contributed by atoms with Crippen LogP contribution in [0.15, 0.2) is 42.5 Å². The molecular formula is C22H23NO5. The number of amides is 1. The van der Waals surface area contributed by atoms with Crippen molar-refractivity contribution >= 4 is 23.3 Å². The van der Waals surface area contributed by atoms with E-state index >= 15 is 0 Å². The Bertz CT molecular complexity index is 921. The molecule has 0 spiro atoms. The molecule has 146 valence electrons. The van der Waals surface area contributed by atoms with Crippen LogP contribution in [0.3, 0.4) is 0 Å². The van der Waals surface area contributed by atoms with E-state index in [0.717, 1.165) is 16.8 Å². The SMILES string of the molecule is COc1cccc(C(=O)COC(=O)C2CC(=O)N(c3cc(C)ccc3C)C2)c1. The lowest BCUT2D eigenvalue weighted by atomic mass is 10.1. The lowest BCUT2D eigenvalue weighted by molar-refractivity contribution is -0.147. The highest BCUT2D eigenvalue weighted by molar-refractivity contribution is 6.01. The summed E-state index contributed by atoms with van der Waals surface area (Å²) in [5.41, 5.74) is 3.24. The number of Topliss-reactive ketones (excluding diaryl/α,β-unsaturated/α-hetero) is 1. The molecule has 1 aliphatic rings. The van der Waals surface area contributed by atoms with E-state index in [4.69, 9.17) is 9.47 Å². The third kappa shape index (κ3) is 4.22. The molecule has 1 atom stereocenters. The lowest BCUT2D eigenvalue weighted by Crippen LogP contribution is -2.27. The highest BCUT2D eigenvalue weighted by atomic mass is 16.5. The molecule has 1 unspecified atom stereocenters. The summed E-state index contributed by atoms with van der Waals surface area (Å²) < 4.78 is 10.3. The highest BCUT2D eigenvalue weighted by Gasteiger charge is 2.37. The Hall–Kier alpha value is -3.15. The monoisotopic (exact) mass is 381 g/mol. The van der Waals surface area contributed by atoms with Crippen molar-refractivity contribution in [3.63, 3.8) is 0 Å². The van der Waals surface area contributed by atoms with Crippen LogP contribution in [0.5, 0.6) is 5.75 Å². The summed E-state index contributed by atoms with van der Waals surface area (Å²) in [6.07, 6.45) is 0.0829. The first-order valence-corrected chi connectivity index (χ1v) is 9.10. The molecule has 2 aromatic carbocycles. The van der Waals surface area contributed by atoms with E-state index in [-0.39, 0.29) is 31.3 Å². The number of aryl methyl sites for hydroxylation is 2. The summed E-state index contributed by atoms with van der Waals surface area (Å²) in [6.45, 7) is 3.79. The quantitative estimate of drug-likeness (QED) is 0.568. The van der Waals surface area contributed by atoms with E-state index in [1.54, 1.807) is 29.2 Å². The molecule has 0 N–H and O–H groups in total. The summed E-state index contributed by atoms with van der Waals surface area (Å²) >= 11 is 0. The first kappa shape index (κ1) is 19.6. The van der Waals surface area contributed by atoms with E-state index in [1.807, 2.05) is 32.0 Å². The molecule has 1 amide bonds. The fraction of sp³-hybridized carbons (Fsp3) is 0.318. The summed E-state index contributed by atoms with van der Waals surface area (Å²) in [5.74, 6) is -0.983. The number of rotatable bonds is 6. The predicted molar refractivity (Wildman–Crippen MR) is 105 cm³/mol. The number of hydrogen-bond acceptors (Lipinski definition) is 5. The topological polar surface area (TPSA) is 72.9 Å². The number of carbonyl (C=O) groups is 3. The fourth-order valence-electron chi connectivity index (χ4n) is 3.24. The number of esters is 1. The minimum atomic E-state index is -0.578. The van der Waals surface area contributed by atoms with Crippen molar-refractivity contribution in [3.05, 3.63) is 59.2 Å². The van der Waals surface area contributed by atoms with Crippen molar-refractivity contribution in [2.24, 2.45) is 5.92 Å². The van der Waals surface area contributed by atoms with E-state index in [1.165, 1.54) is 7.11 Å². The summed E-state index contributed by atoms with van der Waals surface area (Å²) in [4.78, 5) is 38.7. The molecule has 6 nitrogen and oxygen atoms in total. The molecule has 1 saturated heterocycles. The van der Waals surface area contributed by atoms with Crippen LogP contribution in [0.25, 0.3) is 0 Å². The maximum atomic E-state index is 12.4. The standard InChI is InChI=1S/C22H23NO5/c1-14-7-8-15(2)19(9-14)23-12-17(11-21(23)25)22(26)28-13-20(24)16-5-4-6-18(10-16)27-3/h4-10,17H,11-13H2,1-3H3. The van der Waals surface area contributed by atoms with Crippen LogP contribution >= 0.6 is 0 Å². The van der Waals surface area contributed by atoms with Crippen molar-refractivity contribution in [2.45, 2.75) is 20.3 Å². The number of methoxy groups -OCH3 is 1. The van der Waals surface area contributed by atoms with Crippen LogP contribution in [0, 0.1) is 19.8 Å². The molecule has 0 radical (unpaired) electrons. The van der Waals surface area contributed by atoms with Gasteiger partial charge >= 0.3 is 5.97 Å². The molecule has 1 aliphatic heterocycles. The van der Waals surface area contributed by atoms with Gasteiger partial charge in [-0.05, 0) is 43.2 Å². The summed E-state index contributed by atoms with van der Waals surface area (Å²) in [7, 11) is 1.52. The molecule has 1 heterocycles. The smallest absolute Gasteiger partial charge is 0.311 e. The Balaban J connectivity index is 1.61. The van der Waals surface area contributed by atoms with Gasteiger partial charge in [0.25, 0.3) is 0 Å². The third-order valence-corrected chi connectivity index (χ3v) is 4.85. The van der Waals surface area contributed by atoms with Crippen LogP contribution in [0.1, 0.15) is 27.9 Å². The van der Waals surface area contributed by atoms with E-state index in [9.17, 15) is 14.4 Å². The maximum absolute atomic E-state index is 12.4. The lowest BCUT2D eigenvalue weighted by Gasteiger charge is -2.19. The summed E-state index contributed by atoms with van der Waals surface area (Å²) in [6, 6.07) is 12.5. The van der Waals surface area contributed by atoms with Gasteiger partial charge < -0.3 is 14.4 Å². The molecule has 0 bridgehead atoms. The van der Waals surface area contributed by atoms with Crippen LogP contribution < -0.4 is 9.64 Å². The van der Waals surface area contributed by atoms with Crippen LogP contribution in [-0.2, 0) is 14.3 Å². The third-order valence-electron chi connectivity index (χ3n) is 4.85. The highest BCUT2D eigenvalue weighted by Crippen LogP contribution is 2.29. The first-order chi connectivity index (χ1) is 13.4. The zero-order valence-corrected chi connectivity index (χ0v) is 16.2. The Kier molecular flexibility index (Phi) is 5.78. The normalized spacial score (nSPS) is 16.2. The van der Waals surface area contributed by atoms with Gasteiger partial charge in [-0.2, -0.15) is 0 Å². The van der Waals surface area contributed by atoms with E-state index < -0.39 is 11.9 Å². The van der Waals surface area contributed by atoms with Crippen molar-refractivity contribution in [3.8, 4) is 5.75 Å². The molecule has 3 rings (SSSR count). The summed E-state index contributed by atoms with van der Waals surface area (Å²) in [5, 5.41) is 0. The van der Waals surface area contributed by atoms with Gasteiger partial charge in [-0.15, -0.1) is 0 Å². The second-order valence-corrected chi connectivity index (χ2v) is 6.96. The average molecular weight is 381 g/mol. The van der Waals surface area contributed by atoms with E-state index in [0.29, 0.717) is 11.3 Å². The van der Waals surface area contributed by atoms with Gasteiger partial charge in [0.15, 0.2) is 12.4 Å². The van der Waals surface area contributed by atoms with Gasteiger partial charge in [0.2, 0.25) is 5.91 Å². The fourth-order valence-corrected chi connectivity index (χ4v) is 3.24. The van der Waals surface area contributed by atoms with Crippen molar-refractivity contribution in [1.82, 2.24) is 0 Å². The molecular weight excluding hydrogens is 358 g/mol. The number of ketones is 1. The number of benzene rings is 2. The Labute approximate surface area is 164 Å². The van der Waals surface area contributed by atoms with Gasteiger partial charge in [0, 0.05) is 24.2 Å². The minimum Gasteiger partial charge on any atom is -0.497 e. The maximum Gasteiger partial charge on any atom is 0.311 e. The molecule has 0 aromatic heterocycles. The Morgan fingerprint density at radius 2 is 1.93 bits per heavy atom. The number of ether oxygens (including phenoxy) is 2. The minimum absolute atomic E-state index is 0.0829. The van der Waals surface area contributed by atoms with Gasteiger partial charge in [-0.3, -0.25) is 14.4 Å². The average Bonchev–Trinajstić information content (AvgIpc) is 3.09. The molecule has 0 aliphatic carbocycles. The Morgan fingerprint density at radius 3 is 2.68 bits per heavy atom. The molecule has 0 saturated carbocycles. The second kappa shape index (κ2) is 8.25. The predicted octanol–water partition coefficient (Wildman–Crippen LogP) is 3.09. The molecule has 1 fully saturated rings. The zero-order chi connectivity index (χ0) is 20.3. The van der Waals surface area contributed by atoms with Crippen molar-refractivity contribution < 1.29 is 23.9 Å². The Morgan fingerprint density at radius 1 is 1.14 bits per heavy atom. The largest absolute Gasteiger partial charge is 0.497 e. The molecule has 2 aromatic rings. The molecule has 28 heavy (non-hydrogen) atoms. The van der Waals surface area contributed by atoms with Gasteiger partial charge in [0.1, 0.15) is 5.75 Å². The number of nitrogens with zero attached hydrogens (tertiary/aromatic N) is 1. The number of hydrogen-bond donors (Lipinski definition) is 0. The number of anilines is 1. The van der Waals surface area contributed by atoms with Gasteiger partial charge in [-0.1, -0.05) is 24.3 Å². The van der Waals surface area contributed by atoms with Crippen LogP contribution in [0.2, 0.25) is 0 Å². The first-order valence-electron chi connectivity index (χ1n) is 9.10. The van der Waals surface area contributed by atoms with Gasteiger partial charge in [0.05, 0.1) is 13.0 Å². The van der Waals surface area contributed by atoms with Crippen LogP contribution in [-0.4, -0.2) is 37.9 Å². The van der Waals surface area contributed by atoms with Gasteiger partial charge in [-0.25, -0.2) is 0 Å². The second-order valence-electron chi connectivity index (χ2n) is 6.96. The van der Waals surface area contributed by atoms with E-state index in [2.05, 4.69) is 0 Å². The van der Waals surface area contributed by atoms with Crippen molar-refractivity contribution in [1.29, 1.82) is 0 Å².